The van der Waals surface area contributed by atoms with Crippen LogP contribution in [0.2, 0.25) is 13.1 Å². The molecule has 0 aliphatic heterocycles. The van der Waals surface area contributed by atoms with Crippen molar-refractivity contribution < 1.29 is 20.8 Å². The van der Waals surface area contributed by atoms with Gasteiger partial charge in [0.25, 0.3) is 0 Å². The van der Waals surface area contributed by atoms with Crippen LogP contribution in [0.5, 0.6) is 0 Å². The molecule has 6 rings (SSSR count). The van der Waals surface area contributed by atoms with E-state index in [4.69, 9.17) is 17.0 Å². The minimum atomic E-state index is -0.826. The fourth-order valence-electron chi connectivity index (χ4n) is 6.15. The third kappa shape index (κ3) is 12.5. The molecule has 0 heterocycles. The summed E-state index contributed by atoms with van der Waals surface area (Å²) in [5.74, 6) is 1.16. The maximum absolute atomic E-state index is 4.93. The van der Waals surface area contributed by atoms with E-state index in [1.54, 1.807) is 0 Å². The van der Waals surface area contributed by atoms with Crippen molar-refractivity contribution in [1.29, 1.82) is 0 Å². The van der Waals surface area contributed by atoms with Crippen LogP contribution in [0.4, 0.5) is 0 Å². The van der Waals surface area contributed by atoms with E-state index in [9.17, 15) is 0 Å². The fourth-order valence-corrected chi connectivity index (χ4v) is 6.15. The summed E-state index contributed by atoms with van der Waals surface area (Å²) in [6.45, 7) is 17.8. The van der Waals surface area contributed by atoms with Crippen molar-refractivity contribution in [2.24, 2.45) is 0 Å². The summed E-state index contributed by atoms with van der Waals surface area (Å²) < 4.78 is 0. The summed E-state index contributed by atoms with van der Waals surface area (Å²) in [6.07, 6.45) is 7.44. The molecule has 0 amide bonds. The van der Waals surface area contributed by atoms with Gasteiger partial charge in [-0.25, -0.2) is 0 Å². The molecule has 0 aromatic heterocycles. The van der Waals surface area contributed by atoms with Crippen LogP contribution in [-0.4, -0.2) is 9.52 Å². The van der Waals surface area contributed by atoms with Gasteiger partial charge in [0, 0.05) is 9.52 Å². The Morgan fingerprint density at radius 1 is 0.580 bits per heavy atom. The molecular formula is C46H56Cl2SiZr. The molecule has 0 bridgehead atoms. The topological polar surface area (TPSA) is 0 Å². The number of fused-ring (bicyclic) bond motifs is 2. The summed E-state index contributed by atoms with van der Waals surface area (Å²) in [4.78, 5) is 0. The van der Waals surface area contributed by atoms with Gasteiger partial charge in [0.2, 0.25) is 0 Å². The molecular weight excluding hydrogens is 743 g/mol. The molecule has 0 nitrogen and oxygen atoms in total. The number of unbranched alkanes of at least 4 members (excludes halogenated alkanes) is 2. The van der Waals surface area contributed by atoms with E-state index in [1.807, 2.05) is 0 Å². The molecule has 0 aliphatic rings. The second kappa shape index (κ2) is 22.7. The van der Waals surface area contributed by atoms with E-state index in [2.05, 4.69) is 164 Å². The molecule has 0 atom stereocenters. The van der Waals surface area contributed by atoms with E-state index in [1.165, 1.54) is 105 Å². The SMILES string of the molecule is CCCCc1ccc(-c2cccc3[cH-]c(C(C)C)cc23)cc1.CCCCc1ccc(-c2cccc3[cH-]c(C(C)C)cc23)cc1.C[Si]C.[Cl][Zr+2][Cl]. The van der Waals surface area contributed by atoms with E-state index in [0.29, 0.717) is 11.8 Å². The number of aryl methyl sites for hydroxylation is 2. The normalized spacial score (nSPS) is 10.6. The average molecular weight is 799 g/mol. The molecule has 6 aromatic carbocycles. The van der Waals surface area contributed by atoms with Crippen molar-refractivity contribution in [3.8, 4) is 22.3 Å². The second-order valence-electron chi connectivity index (χ2n) is 13.7. The van der Waals surface area contributed by atoms with Gasteiger partial charge in [0.1, 0.15) is 0 Å². The summed E-state index contributed by atoms with van der Waals surface area (Å²) in [5, 5.41) is 5.48. The van der Waals surface area contributed by atoms with Crippen LogP contribution >= 0.6 is 17.0 Å². The van der Waals surface area contributed by atoms with Crippen molar-refractivity contribution in [2.45, 2.75) is 105 Å². The number of benzene rings is 4. The Kier molecular flexibility index (Phi) is 19.1. The van der Waals surface area contributed by atoms with Crippen LogP contribution in [0.3, 0.4) is 0 Å². The number of hydrogen-bond donors (Lipinski definition) is 0. The Labute approximate surface area is 325 Å². The van der Waals surface area contributed by atoms with Crippen molar-refractivity contribution in [3.63, 3.8) is 0 Å². The third-order valence-electron chi connectivity index (χ3n) is 9.05. The fraction of sp³-hybridized carbons (Fsp3) is 0.348. The predicted octanol–water partition coefficient (Wildman–Crippen LogP) is 15.5. The summed E-state index contributed by atoms with van der Waals surface area (Å²) in [5.41, 5.74) is 11.1. The summed E-state index contributed by atoms with van der Waals surface area (Å²) in [7, 11) is 11.0. The number of hydrogen-bond acceptors (Lipinski definition) is 0. The second-order valence-corrected chi connectivity index (χ2v) is 18.4. The van der Waals surface area contributed by atoms with Gasteiger partial charge in [-0.05, 0) is 59.8 Å². The Balaban J connectivity index is 0.000000234. The quantitative estimate of drug-likeness (QED) is 0.0956. The molecule has 4 heteroatoms. The first-order chi connectivity index (χ1) is 24.2. The van der Waals surface area contributed by atoms with Crippen molar-refractivity contribution in [1.82, 2.24) is 0 Å². The van der Waals surface area contributed by atoms with Crippen LogP contribution in [0, 0.1) is 0 Å². The first kappa shape index (κ1) is 42.2. The van der Waals surface area contributed by atoms with Gasteiger partial charge in [-0.3, -0.25) is 0 Å². The predicted molar refractivity (Wildman–Crippen MR) is 225 cm³/mol. The molecule has 50 heavy (non-hydrogen) atoms. The van der Waals surface area contributed by atoms with E-state index < -0.39 is 20.8 Å². The molecule has 2 radical (unpaired) electrons. The van der Waals surface area contributed by atoms with Crippen molar-refractivity contribution >= 4 is 48.1 Å². The standard InChI is InChI=1S/2C22H25.C2H6Si.2ClH.Zr/c2*1-4-5-7-17-10-12-18(13-11-17)21-9-6-8-19-14-20(16(2)3)15-22(19)21;1-3-2;;;/h2*6,8-16H,4-5,7H2,1-3H3;1-2H3;2*1H;/q2*-1;;;;+4/p-2. The number of rotatable bonds is 10. The van der Waals surface area contributed by atoms with Crippen molar-refractivity contribution in [3.05, 3.63) is 131 Å². The Hall–Kier alpha value is -2.22. The van der Waals surface area contributed by atoms with Gasteiger partial charge in [-0.2, -0.15) is 12.1 Å². The molecule has 262 valence electrons. The van der Waals surface area contributed by atoms with Crippen LogP contribution in [0.25, 0.3) is 43.8 Å². The molecule has 0 aliphatic carbocycles. The number of halogens is 2. The average Bonchev–Trinajstić information content (AvgIpc) is 3.77. The Morgan fingerprint density at radius 3 is 1.22 bits per heavy atom. The Bertz CT molecular complexity index is 1670. The molecule has 6 aromatic rings. The van der Waals surface area contributed by atoms with Gasteiger partial charge in [0.15, 0.2) is 0 Å². The zero-order chi connectivity index (χ0) is 36.5. The van der Waals surface area contributed by atoms with E-state index in [-0.39, 0.29) is 0 Å². The minimum absolute atomic E-state index is 0.580. The zero-order valence-corrected chi connectivity index (χ0v) is 36.5. The Morgan fingerprint density at radius 2 is 0.920 bits per heavy atom. The van der Waals surface area contributed by atoms with Gasteiger partial charge in [0.05, 0.1) is 0 Å². The summed E-state index contributed by atoms with van der Waals surface area (Å²) >= 11 is -0.826. The molecule has 0 fully saturated rings. The van der Waals surface area contributed by atoms with Gasteiger partial charge in [-0.1, -0.05) is 139 Å². The zero-order valence-electron chi connectivity index (χ0n) is 31.5. The van der Waals surface area contributed by atoms with Gasteiger partial charge >= 0.3 is 37.9 Å². The van der Waals surface area contributed by atoms with Crippen LogP contribution in [0.1, 0.15) is 101 Å². The van der Waals surface area contributed by atoms with Gasteiger partial charge in [-0.15, -0.1) is 69.1 Å². The van der Waals surface area contributed by atoms with Crippen LogP contribution < -0.4 is 0 Å². The first-order valence-electron chi connectivity index (χ1n) is 18.3. The van der Waals surface area contributed by atoms with Crippen LogP contribution in [0.15, 0.2) is 109 Å². The summed E-state index contributed by atoms with van der Waals surface area (Å²) in [6, 6.07) is 40.9. The molecule has 0 N–H and O–H groups in total. The monoisotopic (exact) mass is 796 g/mol. The first-order valence-corrected chi connectivity index (χ1v) is 26.7. The van der Waals surface area contributed by atoms with Crippen molar-refractivity contribution in [2.75, 3.05) is 0 Å². The van der Waals surface area contributed by atoms with Crippen LogP contribution in [-0.2, 0) is 33.7 Å². The third-order valence-corrected chi connectivity index (χ3v) is 9.05. The van der Waals surface area contributed by atoms with E-state index in [0.717, 1.165) is 9.52 Å². The molecule has 0 saturated heterocycles. The maximum atomic E-state index is 4.93. The van der Waals surface area contributed by atoms with Gasteiger partial charge < -0.3 is 0 Å². The van der Waals surface area contributed by atoms with E-state index >= 15 is 0 Å². The molecule has 0 spiro atoms. The molecule has 0 saturated carbocycles. The molecule has 0 unspecified atom stereocenters.